The predicted octanol–water partition coefficient (Wildman–Crippen LogP) is 2.57. The largest absolute Gasteiger partial charge is 0.491 e. The van der Waals surface area contributed by atoms with E-state index in [4.69, 9.17) is 4.74 Å². The Morgan fingerprint density at radius 3 is 2.88 bits per heavy atom. The summed E-state index contributed by atoms with van der Waals surface area (Å²) < 4.78 is 6.45. The molecule has 0 spiro atoms. The fourth-order valence-electron chi connectivity index (χ4n) is 3.44. The number of carbonyl (C=O) groups excluding carboxylic acids is 1. The summed E-state index contributed by atoms with van der Waals surface area (Å²) in [6, 6.07) is 11.8. The Bertz CT molecular complexity index is 813. The summed E-state index contributed by atoms with van der Waals surface area (Å²) in [5.41, 5.74) is 2.26. The van der Waals surface area contributed by atoms with E-state index in [9.17, 15) is 9.59 Å². The molecule has 1 aliphatic heterocycles. The van der Waals surface area contributed by atoms with Crippen molar-refractivity contribution >= 4 is 5.91 Å². The predicted molar refractivity (Wildman–Crippen MR) is 97.0 cm³/mol. The number of piperidine rings is 1. The van der Waals surface area contributed by atoms with Gasteiger partial charge in [-0.25, -0.2) is 0 Å². The van der Waals surface area contributed by atoms with E-state index in [1.165, 1.54) is 22.8 Å². The van der Waals surface area contributed by atoms with Gasteiger partial charge in [-0.1, -0.05) is 29.8 Å². The highest BCUT2D eigenvalue weighted by molar-refractivity contribution is 5.76. The fourth-order valence-corrected chi connectivity index (χ4v) is 3.44. The maximum absolute atomic E-state index is 12.7. The standard InChI is InChI=1S/C20H24N2O3/c1-15-6-3-7-16(12-15)17-8-4-10-21(13-17)19(23)14-22-11-5-9-18(25-2)20(22)24/h3,5-7,9,11-12,17H,4,8,10,13-14H2,1-2H3/t17-/m0/s1. The summed E-state index contributed by atoms with van der Waals surface area (Å²) in [6.07, 6.45) is 3.70. The molecule has 0 bridgehead atoms. The summed E-state index contributed by atoms with van der Waals surface area (Å²) >= 11 is 0. The van der Waals surface area contributed by atoms with Crippen LogP contribution in [0.25, 0.3) is 0 Å². The summed E-state index contributed by atoms with van der Waals surface area (Å²) in [5, 5.41) is 0. The molecule has 0 N–H and O–H groups in total. The third-order valence-electron chi connectivity index (χ3n) is 4.80. The molecule has 5 nitrogen and oxygen atoms in total. The van der Waals surface area contributed by atoms with Crippen molar-refractivity contribution in [1.29, 1.82) is 0 Å². The first-order valence-corrected chi connectivity index (χ1v) is 8.66. The van der Waals surface area contributed by atoms with Crippen LogP contribution >= 0.6 is 0 Å². The number of hydrogen-bond donors (Lipinski definition) is 0. The van der Waals surface area contributed by atoms with Gasteiger partial charge in [-0.3, -0.25) is 9.59 Å². The smallest absolute Gasteiger partial charge is 0.293 e. The zero-order valence-electron chi connectivity index (χ0n) is 14.8. The number of amides is 1. The molecule has 0 aliphatic carbocycles. The first kappa shape index (κ1) is 17.3. The van der Waals surface area contributed by atoms with Crippen molar-refractivity contribution in [2.75, 3.05) is 20.2 Å². The van der Waals surface area contributed by atoms with Gasteiger partial charge in [-0.15, -0.1) is 0 Å². The number of likely N-dealkylation sites (tertiary alicyclic amines) is 1. The van der Waals surface area contributed by atoms with E-state index < -0.39 is 0 Å². The summed E-state index contributed by atoms with van der Waals surface area (Å²) in [6.45, 7) is 3.60. The molecule has 1 aliphatic rings. The summed E-state index contributed by atoms with van der Waals surface area (Å²) in [7, 11) is 1.46. The molecule has 2 heterocycles. The molecule has 1 fully saturated rings. The van der Waals surface area contributed by atoms with E-state index in [0.29, 0.717) is 12.5 Å². The number of pyridine rings is 1. The summed E-state index contributed by atoms with van der Waals surface area (Å²) in [5.74, 6) is 0.596. The quantitative estimate of drug-likeness (QED) is 0.859. The van der Waals surface area contributed by atoms with Crippen LogP contribution in [0.2, 0.25) is 0 Å². The molecule has 5 heteroatoms. The highest BCUT2D eigenvalue weighted by atomic mass is 16.5. The summed E-state index contributed by atoms with van der Waals surface area (Å²) in [4.78, 5) is 26.8. The van der Waals surface area contributed by atoms with Crippen molar-refractivity contribution in [2.45, 2.75) is 32.2 Å². The van der Waals surface area contributed by atoms with Crippen LogP contribution in [0.15, 0.2) is 47.4 Å². The molecule has 3 rings (SSSR count). The lowest BCUT2D eigenvalue weighted by Crippen LogP contribution is -2.42. The van der Waals surface area contributed by atoms with Crippen molar-refractivity contribution in [3.8, 4) is 5.75 Å². The van der Waals surface area contributed by atoms with Gasteiger partial charge in [-0.2, -0.15) is 0 Å². The lowest BCUT2D eigenvalue weighted by Gasteiger charge is -2.33. The van der Waals surface area contributed by atoms with E-state index in [2.05, 4.69) is 31.2 Å². The van der Waals surface area contributed by atoms with Gasteiger partial charge in [0, 0.05) is 25.2 Å². The molecule has 1 aromatic heterocycles. The van der Waals surface area contributed by atoms with Gasteiger partial charge >= 0.3 is 0 Å². The van der Waals surface area contributed by atoms with Crippen LogP contribution < -0.4 is 10.3 Å². The Hall–Kier alpha value is -2.56. The van der Waals surface area contributed by atoms with E-state index >= 15 is 0 Å². The molecule has 0 saturated carbocycles. The third kappa shape index (κ3) is 3.92. The maximum Gasteiger partial charge on any atom is 0.293 e. The van der Waals surface area contributed by atoms with Crippen molar-refractivity contribution in [3.63, 3.8) is 0 Å². The number of nitrogens with zero attached hydrogens (tertiary/aromatic N) is 2. The molecule has 0 unspecified atom stereocenters. The van der Waals surface area contributed by atoms with E-state index in [-0.39, 0.29) is 23.8 Å². The Kier molecular flexibility index (Phi) is 5.22. The topological polar surface area (TPSA) is 51.5 Å². The number of ether oxygens (including phenoxy) is 1. The van der Waals surface area contributed by atoms with Crippen LogP contribution in [-0.4, -0.2) is 35.6 Å². The molecule has 1 atom stereocenters. The molecular formula is C20H24N2O3. The van der Waals surface area contributed by atoms with Crippen molar-refractivity contribution in [1.82, 2.24) is 9.47 Å². The molecular weight excluding hydrogens is 316 g/mol. The minimum atomic E-state index is -0.273. The maximum atomic E-state index is 12.7. The molecule has 1 aromatic carbocycles. The van der Waals surface area contributed by atoms with Crippen molar-refractivity contribution in [3.05, 3.63) is 64.1 Å². The lowest BCUT2D eigenvalue weighted by atomic mass is 9.90. The highest BCUT2D eigenvalue weighted by Crippen LogP contribution is 2.27. The SMILES string of the molecule is COc1cccn(CC(=O)N2CCC[C@H](c3cccc(C)c3)C2)c1=O. The zero-order valence-corrected chi connectivity index (χ0v) is 14.8. The van der Waals surface area contributed by atoms with Crippen LogP contribution in [-0.2, 0) is 11.3 Å². The lowest BCUT2D eigenvalue weighted by molar-refractivity contribution is -0.133. The van der Waals surface area contributed by atoms with Crippen LogP contribution in [0, 0.1) is 6.92 Å². The Balaban J connectivity index is 1.71. The number of rotatable bonds is 4. The number of carbonyl (C=O) groups is 1. The number of hydrogen-bond acceptors (Lipinski definition) is 3. The van der Waals surface area contributed by atoms with Crippen LogP contribution in [0.3, 0.4) is 0 Å². The van der Waals surface area contributed by atoms with Gasteiger partial charge in [-0.05, 0) is 37.5 Å². The van der Waals surface area contributed by atoms with Gasteiger partial charge in [0.1, 0.15) is 6.54 Å². The number of benzene rings is 1. The molecule has 1 saturated heterocycles. The second kappa shape index (κ2) is 7.55. The molecule has 2 aromatic rings. The monoisotopic (exact) mass is 340 g/mol. The van der Waals surface area contributed by atoms with E-state index in [1.54, 1.807) is 18.3 Å². The molecule has 132 valence electrons. The van der Waals surface area contributed by atoms with Gasteiger partial charge in [0.05, 0.1) is 7.11 Å². The van der Waals surface area contributed by atoms with Crippen molar-refractivity contribution < 1.29 is 9.53 Å². The van der Waals surface area contributed by atoms with Gasteiger partial charge in [0.2, 0.25) is 5.91 Å². The second-order valence-corrected chi connectivity index (χ2v) is 6.60. The zero-order chi connectivity index (χ0) is 17.8. The van der Waals surface area contributed by atoms with E-state index in [1.807, 2.05) is 4.90 Å². The molecule has 25 heavy (non-hydrogen) atoms. The Morgan fingerprint density at radius 1 is 1.28 bits per heavy atom. The average Bonchev–Trinajstić information content (AvgIpc) is 2.63. The van der Waals surface area contributed by atoms with Gasteiger partial charge in [0.25, 0.3) is 5.56 Å². The van der Waals surface area contributed by atoms with Gasteiger partial charge < -0.3 is 14.2 Å². The van der Waals surface area contributed by atoms with Crippen LogP contribution in [0.5, 0.6) is 5.75 Å². The third-order valence-corrected chi connectivity index (χ3v) is 4.80. The second-order valence-electron chi connectivity index (χ2n) is 6.60. The minimum Gasteiger partial charge on any atom is -0.491 e. The minimum absolute atomic E-state index is 0.0206. The molecule has 0 radical (unpaired) electrons. The number of methoxy groups -OCH3 is 1. The Morgan fingerprint density at radius 2 is 2.12 bits per heavy atom. The number of aryl methyl sites for hydroxylation is 1. The normalized spacial score (nSPS) is 17.4. The fraction of sp³-hybridized carbons (Fsp3) is 0.400. The molecule has 1 amide bonds. The van der Waals surface area contributed by atoms with E-state index in [0.717, 1.165) is 19.4 Å². The van der Waals surface area contributed by atoms with Crippen LogP contribution in [0.4, 0.5) is 0 Å². The van der Waals surface area contributed by atoms with Gasteiger partial charge in [0.15, 0.2) is 5.75 Å². The van der Waals surface area contributed by atoms with Crippen molar-refractivity contribution in [2.24, 2.45) is 0 Å². The first-order chi connectivity index (χ1) is 12.1. The highest BCUT2D eigenvalue weighted by Gasteiger charge is 2.25. The number of aromatic nitrogens is 1. The Labute approximate surface area is 147 Å². The van der Waals surface area contributed by atoms with Crippen LogP contribution in [0.1, 0.15) is 29.9 Å². The first-order valence-electron chi connectivity index (χ1n) is 8.66. The average molecular weight is 340 g/mol.